The maximum absolute atomic E-state index is 5.65. The van der Waals surface area contributed by atoms with Gasteiger partial charge in [0.1, 0.15) is 5.76 Å². The summed E-state index contributed by atoms with van der Waals surface area (Å²) in [6.07, 6.45) is 1.75. The fourth-order valence-corrected chi connectivity index (χ4v) is 2.18. The van der Waals surface area contributed by atoms with Crippen molar-refractivity contribution in [2.24, 2.45) is 5.84 Å². The summed E-state index contributed by atoms with van der Waals surface area (Å²) in [4.78, 5) is 0. The van der Waals surface area contributed by atoms with Crippen molar-refractivity contribution in [2.45, 2.75) is 26.8 Å². The molecule has 1 unspecified atom stereocenters. The molecule has 3 heteroatoms. The lowest BCUT2D eigenvalue weighted by molar-refractivity contribution is 0.525. The fraction of sp³-hybridized carbons (Fsp3) is 0.286. The molecule has 2 rings (SSSR count). The standard InChI is InChI=1S/C14H18N2O/c1-9-4-10(2)6-12(5-9)14(16-15)13-7-11(3)17-8-13/h4-8,14,16H,15H2,1-3H3. The van der Waals surface area contributed by atoms with Crippen molar-refractivity contribution in [3.8, 4) is 0 Å². The molecular weight excluding hydrogens is 212 g/mol. The van der Waals surface area contributed by atoms with Crippen molar-refractivity contribution in [1.82, 2.24) is 5.43 Å². The number of hydrogen-bond donors (Lipinski definition) is 2. The molecule has 0 aliphatic heterocycles. The van der Waals surface area contributed by atoms with Gasteiger partial charge in [0.25, 0.3) is 0 Å². The van der Waals surface area contributed by atoms with Gasteiger partial charge in [0.15, 0.2) is 0 Å². The molecule has 0 amide bonds. The molecule has 1 heterocycles. The van der Waals surface area contributed by atoms with E-state index in [9.17, 15) is 0 Å². The molecular formula is C14H18N2O. The van der Waals surface area contributed by atoms with E-state index in [0.29, 0.717) is 0 Å². The number of nitrogens with one attached hydrogen (secondary N) is 1. The van der Waals surface area contributed by atoms with Crippen LogP contribution in [0.2, 0.25) is 0 Å². The summed E-state index contributed by atoms with van der Waals surface area (Å²) in [7, 11) is 0. The van der Waals surface area contributed by atoms with Crippen LogP contribution in [-0.2, 0) is 0 Å². The van der Waals surface area contributed by atoms with Crippen LogP contribution in [0.4, 0.5) is 0 Å². The van der Waals surface area contributed by atoms with Gasteiger partial charge in [0.2, 0.25) is 0 Å². The third-order valence-corrected chi connectivity index (χ3v) is 2.83. The summed E-state index contributed by atoms with van der Waals surface area (Å²) in [5.41, 5.74) is 7.52. The topological polar surface area (TPSA) is 51.2 Å². The average Bonchev–Trinajstić information content (AvgIpc) is 2.64. The molecule has 17 heavy (non-hydrogen) atoms. The zero-order valence-electron chi connectivity index (χ0n) is 10.4. The second kappa shape index (κ2) is 4.73. The molecule has 1 atom stereocenters. The number of benzene rings is 1. The SMILES string of the molecule is Cc1cc(C)cc(C(NN)c2coc(C)c2)c1. The number of furan rings is 1. The third-order valence-electron chi connectivity index (χ3n) is 2.83. The van der Waals surface area contributed by atoms with Gasteiger partial charge < -0.3 is 4.42 Å². The minimum atomic E-state index is -0.0222. The quantitative estimate of drug-likeness (QED) is 0.629. The normalized spacial score (nSPS) is 12.7. The Morgan fingerprint density at radius 3 is 2.12 bits per heavy atom. The van der Waals surface area contributed by atoms with Crippen LogP contribution in [0, 0.1) is 20.8 Å². The summed E-state index contributed by atoms with van der Waals surface area (Å²) < 4.78 is 5.33. The lowest BCUT2D eigenvalue weighted by Crippen LogP contribution is -2.28. The smallest absolute Gasteiger partial charge is 0.101 e. The molecule has 0 saturated carbocycles. The molecule has 0 bridgehead atoms. The predicted molar refractivity (Wildman–Crippen MR) is 68.5 cm³/mol. The molecule has 90 valence electrons. The van der Waals surface area contributed by atoms with Crippen LogP contribution in [0.1, 0.15) is 34.1 Å². The molecule has 1 aromatic heterocycles. The van der Waals surface area contributed by atoms with Crippen molar-refractivity contribution in [3.05, 3.63) is 58.5 Å². The Kier molecular flexibility index (Phi) is 3.31. The maximum Gasteiger partial charge on any atom is 0.101 e. The first-order valence-corrected chi connectivity index (χ1v) is 5.69. The van der Waals surface area contributed by atoms with E-state index in [-0.39, 0.29) is 6.04 Å². The molecule has 3 nitrogen and oxygen atoms in total. The number of aryl methyl sites for hydroxylation is 3. The highest BCUT2D eigenvalue weighted by atomic mass is 16.3. The summed E-state index contributed by atoms with van der Waals surface area (Å²) in [5.74, 6) is 6.55. The van der Waals surface area contributed by atoms with Gasteiger partial charge in [-0.15, -0.1) is 0 Å². The Hall–Kier alpha value is -1.58. The average molecular weight is 230 g/mol. The summed E-state index contributed by atoms with van der Waals surface area (Å²) >= 11 is 0. The van der Waals surface area contributed by atoms with E-state index in [1.165, 1.54) is 11.1 Å². The van der Waals surface area contributed by atoms with Gasteiger partial charge in [-0.25, -0.2) is 5.43 Å². The first-order chi connectivity index (χ1) is 8.10. The summed E-state index contributed by atoms with van der Waals surface area (Å²) in [6.45, 7) is 6.11. The largest absolute Gasteiger partial charge is 0.469 e. The van der Waals surface area contributed by atoms with Crippen LogP contribution in [0.3, 0.4) is 0 Å². The molecule has 0 spiro atoms. The molecule has 1 aromatic carbocycles. The lowest BCUT2D eigenvalue weighted by atomic mass is 9.98. The predicted octanol–water partition coefficient (Wildman–Crippen LogP) is 2.76. The number of hydrazine groups is 1. The number of hydrogen-bond acceptors (Lipinski definition) is 3. The zero-order valence-corrected chi connectivity index (χ0v) is 10.4. The van der Waals surface area contributed by atoms with Crippen LogP contribution in [0.25, 0.3) is 0 Å². The van der Waals surface area contributed by atoms with Crippen molar-refractivity contribution in [2.75, 3.05) is 0 Å². The van der Waals surface area contributed by atoms with E-state index < -0.39 is 0 Å². The second-order valence-electron chi connectivity index (χ2n) is 4.51. The Labute approximate surface area is 102 Å². The first-order valence-electron chi connectivity index (χ1n) is 5.69. The highest BCUT2D eigenvalue weighted by molar-refractivity contribution is 5.36. The molecule has 0 saturated heterocycles. The van der Waals surface area contributed by atoms with E-state index >= 15 is 0 Å². The zero-order chi connectivity index (χ0) is 12.4. The van der Waals surface area contributed by atoms with Gasteiger partial charge in [0, 0.05) is 5.56 Å². The van der Waals surface area contributed by atoms with Gasteiger partial charge in [-0.05, 0) is 32.4 Å². The monoisotopic (exact) mass is 230 g/mol. The maximum atomic E-state index is 5.65. The van der Waals surface area contributed by atoms with Crippen LogP contribution < -0.4 is 11.3 Å². The van der Waals surface area contributed by atoms with E-state index in [2.05, 4.69) is 37.5 Å². The second-order valence-corrected chi connectivity index (χ2v) is 4.51. The van der Waals surface area contributed by atoms with Gasteiger partial charge in [-0.3, -0.25) is 5.84 Å². The summed E-state index contributed by atoms with van der Waals surface area (Å²) in [6, 6.07) is 8.41. The Bertz CT molecular complexity index is 496. The minimum Gasteiger partial charge on any atom is -0.469 e. The molecule has 2 aromatic rings. The van der Waals surface area contributed by atoms with E-state index in [1.807, 2.05) is 13.0 Å². The molecule has 0 aliphatic carbocycles. The van der Waals surface area contributed by atoms with Gasteiger partial charge >= 0.3 is 0 Å². The molecule has 0 fully saturated rings. The number of nitrogens with two attached hydrogens (primary N) is 1. The molecule has 3 N–H and O–H groups in total. The van der Waals surface area contributed by atoms with Crippen molar-refractivity contribution >= 4 is 0 Å². The van der Waals surface area contributed by atoms with E-state index in [0.717, 1.165) is 16.9 Å². The highest BCUT2D eigenvalue weighted by Gasteiger charge is 2.15. The lowest BCUT2D eigenvalue weighted by Gasteiger charge is -2.16. The fourth-order valence-electron chi connectivity index (χ4n) is 2.18. The van der Waals surface area contributed by atoms with Crippen LogP contribution >= 0.6 is 0 Å². The number of rotatable bonds is 3. The highest BCUT2D eigenvalue weighted by Crippen LogP contribution is 2.24. The minimum absolute atomic E-state index is 0.0222. The van der Waals surface area contributed by atoms with Gasteiger partial charge in [-0.1, -0.05) is 29.3 Å². The Morgan fingerprint density at radius 2 is 1.65 bits per heavy atom. The molecule has 0 radical (unpaired) electrons. The van der Waals surface area contributed by atoms with Crippen LogP contribution in [0.5, 0.6) is 0 Å². The van der Waals surface area contributed by atoms with Crippen LogP contribution in [0.15, 0.2) is 34.9 Å². The third kappa shape index (κ3) is 2.57. The molecule has 0 aliphatic rings. The van der Waals surface area contributed by atoms with E-state index in [1.54, 1.807) is 6.26 Å². The van der Waals surface area contributed by atoms with Crippen LogP contribution in [-0.4, -0.2) is 0 Å². The van der Waals surface area contributed by atoms with Crippen molar-refractivity contribution in [3.63, 3.8) is 0 Å². The Balaban J connectivity index is 2.41. The van der Waals surface area contributed by atoms with E-state index in [4.69, 9.17) is 10.3 Å². The summed E-state index contributed by atoms with van der Waals surface area (Å²) in [5, 5.41) is 0. The Morgan fingerprint density at radius 1 is 1.00 bits per heavy atom. The van der Waals surface area contributed by atoms with Crippen molar-refractivity contribution < 1.29 is 4.42 Å². The van der Waals surface area contributed by atoms with Gasteiger partial charge in [0.05, 0.1) is 12.3 Å². The first kappa shape index (κ1) is 11.9. The van der Waals surface area contributed by atoms with Gasteiger partial charge in [-0.2, -0.15) is 0 Å². The van der Waals surface area contributed by atoms with Crippen molar-refractivity contribution in [1.29, 1.82) is 0 Å².